The van der Waals surface area contributed by atoms with E-state index in [1.807, 2.05) is 41.5 Å². The topological polar surface area (TPSA) is 20.2 Å². The molecule has 0 radical (unpaired) electrons. The van der Waals surface area contributed by atoms with E-state index >= 15 is 0 Å². The van der Waals surface area contributed by atoms with Crippen LogP contribution in [0.25, 0.3) is 0 Å². The highest BCUT2D eigenvalue weighted by atomic mass is 28.3. The molecule has 0 aromatic heterocycles. The Balaban J connectivity index is 6.01. The van der Waals surface area contributed by atoms with Gasteiger partial charge in [-0.1, -0.05) is 53.5 Å². The molecule has 0 spiro atoms. The Morgan fingerprint density at radius 3 is 1.67 bits per heavy atom. The average molecular weight is 320 g/mol. The Kier molecular flexibility index (Phi) is 6.77. The standard InChI is InChI=1S/C16H27F3OSi/c1-8-9-15(20,16(17,18)19)10-11-21(12(2)3,13(4)5)14(6)7/h8,12-14,20H,1,9H2,2-7H3. The second-order valence-electron chi connectivity index (χ2n) is 6.50. The lowest BCUT2D eigenvalue weighted by Gasteiger charge is -2.38. The van der Waals surface area contributed by atoms with E-state index in [0.717, 1.165) is 6.08 Å². The van der Waals surface area contributed by atoms with Crippen molar-refractivity contribution in [3.05, 3.63) is 12.7 Å². The fourth-order valence-corrected chi connectivity index (χ4v) is 8.38. The molecule has 0 saturated carbocycles. The van der Waals surface area contributed by atoms with E-state index in [-0.39, 0.29) is 16.6 Å². The SMILES string of the molecule is C=CCC(O)(C#C[Si](C(C)C)(C(C)C)C(C)C)C(F)(F)F. The second-order valence-corrected chi connectivity index (χ2v) is 12.1. The highest BCUT2D eigenvalue weighted by molar-refractivity contribution is 6.90. The van der Waals surface area contributed by atoms with Crippen molar-refractivity contribution in [3.8, 4) is 11.5 Å². The Labute approximate surface area is 127 Å². The number of rotatable bonds is 5. The van der Waals surface area contributed by atoms with Crippen molar-refractivity contribution in [2.24, 2.45) is 0 Å². The molecule has 0 aromatic carbocycles. The van der Waals surface area contributed by atoms with Crippen LogP contribution in [0.15, 0.2) is 12.7 Å². The molecule has 1 nitrogen and oxygen atoms in total. The molecule has 0 amide bonds. The molecule has 1 atom stereocenters. The molecular formula is C16H27F3OSi. The van der Waals surface area contributed by atoms with E-state index in [0.29, 0.717) is 0 Å². The molecule has 1 unspecified atom stereocenters. The second kappa shape index (κ2) is 7.02. The zero-order valence-corrected chi connectivity index (χ0v) is 14.8. The number of halogens is 3. The normalized spacial score (nSPS) is 15.9. The van der Waals surface area contributed by atoms with Gasteiger partial charge in [0.25, 0.3) is 0 Å². The molecule has 0 rings (SSSR count). The summed E-state index contributed by atoms with van der Waals surface area (Å²) in [6.45, 7) is 15.4. The Morgan fingerprint density at radius 2 is 1.43 bits per heavy atom. The van der Waals surface area contributed by atoms with E-state index in [4.69, 9.17) is 0 Å². The minimum absolute atomic E-state index is 0.214. The first-order valence-electron chi connectivity index (χ1n) is 7.29. The monoisotopic (exact) mass is 320 g/mol. The van der Waals surface area contributed by atoms with Gasteiger partial charge in [0.15, 0.2) is 0 Å². The summed E-state index contributed by atoms with van der Waals surface area (Å²) < 4.78 is 39.3. The molecule has 5 heteroatoms. The molecule has 1 N–H and O–H groups in total. The van der Waals surface area contributed by atoms with Gasteiger partial charge < -0.3 is 5.11 Å². The summed E-state index contributed by atoms with van der Waals surface area (Å²) in [5.74, 6) is 2.19. The minimum Gasteiger partial charge on any atom is -0.369 e. The summed E-state index contributed by atoms with van der Waals surface area (Å²) in [5, 5.41) is 9.91. The van der Waals surface area contributed by atoms with Gasteiger partial charge in [-0.05, 0) is 16.6 Å². The number of hydrogen-bond acceptors (Lipinski definition) is 1. The lowest BCUT2D eigenvalue weighted by Crippen LogP contribution is -2.47. The predicted molar refractivity (Wildman–Crippen MR) is 84.6 cm³/mol. The summed E-state index contributed by atoms with van der Waals surface area (Å²) in [5.41, 5.74) is 0.583. The van der Waals surface area contributed by atoms with Crippen LogP contribution >= 0.6 is 0 Å². The molecule has 0 aliphatic heterocycles. The van der Waals surface area contributed by atoms with Gasteiger partial charge in [0, 0.05) is 6.42 Å². The summed E-state index contributed by atoms with van der Waals surface area (Å²) in [6.07, 6.45) is -4.33. The highest BCUT2D eigenvalue weighted by Gasteiger charge is 2.52. The molecule has 21 heavy (non-hydrogen) atoms. The van der Waals surface area contributed by atoms with Crippen molar-refractivity contribution >= 4 is 8.07 Å². The first kappa shape index (κ1) is 20.3. The molecule has 0 aromatic rings. The zero-order chi connectivity index (χ0) is 17.1. The van der Waals surface area contributed by atoms with Crippen molar-refractivity contribution in [2.45, 2.75) is 76.4 Å². The van der Waals surface area contributed by atoms with Crippen LogP contribution in [0.5, 0.6) is 0 Å². The molecule has 0 heterocycles. The third-order valence-corrected chi connectivity index (χ3v) is 10.6. The largest absolute Gasteiger partial charge is 0.428 e. The smallest absolute Gasteiger partial charge is 0.369 e. The molecule has 0 fully saturated rings. The maximum absolute atomic E-state index is 13.1. The zero-order valence-electron chi connectivity index (χ0n) is 13.8. The van der Waals surface area contributed by atoms with Gasteiger partial charge in [-0.3, -0.25) is 0 Å². The number of aliphatic hydroxyl groups is 1. The number of alkyl halides is 3. The summed E-state index contributed by atoms with van der Waals surface area (Å²) >= 11 is 0. The van der Waals surface area contributed by atoms with Crippen LogP contribution < -0.4 is 0 Å². The van der Waals surface area contributed by atoms with Crippen molar-refractivity contribution < 1.29 is 18.3 Å². The minimum atomic E-state index is -4.78. The summed E-state index contributed by atoms with van der Waals surface area (Å²) in [7, 11) is -2.30. The van der Waals surface area contributed by atoms with Gasteiger partial charge in [-0.25, -0.2) is 0 Å². The van der Waals surface area contributed by atoms with E-state index in [1.165, 1.54) is 0 Å². The van der Waals surface area contributed by atoms with Gasteiger partial charge in [0.05, 0.1) is 0 Å². The van der Waals surface area contributed by atoms with E-state index in [2.05, 4.69) is 18.0 Å². The lowest BCUT2D eigenvalue weighted by atomic mass is 10.0. The van der Waals surface area contributed by atoms with Crippen molar-refractivity contribution in [1.82, 2.24) is 0 Å². The third-order valence-electron chi connectivity index (χ3n) is 4.26. The molecule has 0 bridgehead atoms. The Morgan fingerprint density at radius 1 is 1.05 bits per heavy atom. The fraction of sp³-hybridized carbons (Fsp3) is 0.750. The van der Waals surface area contributed by atoms with Gasteiger partial charge >= 0.3 is 6.18 Å². The van der Waals surface area contributed by atoms with Crippen LogP contribution in [0.2, 0.25) is 16.6 Å². The van der Waals surface area contributed by atoms with Crippen LogP contribution in [-0.4, -0.2) is 25.0 Å². The molecule has 122 valence electrons. The van der Waals surface area contributed by atoms with Crippen molar-refractivity contribution in [2.75, 3.05) is 0 Å². The van der Waals surface area contributed by atoms with Gasteiger partial charge in [0.1, 0.15) is 8.07 Å². The van der Waals surface area contributed by atoms with E-state index < -0.39 is 26.3 Å². The average Bonchev–Trinajstić information content (AvgIpc) is 2.26. The van der Waals surface area contributed by atoms with Crippen LogP contribution in [0.4, 0.5) is 13.2 Å². The molecule has 0 aliphatic rings. The fourth-order valence-electron chi connectivity index (χ4n) is 3.09. The molecule has 0 aliphatic carbocycles. The van der Waals surface area contributed by atoms with E-state index in [9.17, 15) is 18.3 Å². The first-order valence-corrected chi connectivity index (χ1v) is 9.52. The predicted octanol–water partition coefficient (Wildman–Crippen LogP) is 5.08. The van der Waals surface area contributed by atoms with Crippen LogP contribution in [0.1, 0.15) is 48.0 Å². The Bertz CT molecular complexity index is 394. The van der Waals surface area contributed by atoms with Crippen molar-refractivity contribution in [3.63, 3.8) is 0 Å². The maximum Gasteiger partial charge on any atom is 0.428 e. The van der Waals surface area contributed by atoms with E-state index in [1.54, 1.807) is 0 Å². The number of hydrogen-bond donors (Lipinski definition) is 1. The maximum atomic E-state index is 13.1. The Hall–Kier alpha value is -0.733. The summed E-state index contributed by atoms with van der Waals surface area (Å²) in [6, 6.07) is 0. The quantitative estimate of drug-likeness (QED) is 0.425. The summed E-state index contributed by atoms with van der Waals surface area (Å²) in [4.78, 5) is 0. The molecular weight excluding hydrogens is 293 g/mol. The van der Waals surface area contributed by atoms with Gasteiger partial charge in [0.2, 0.25) is 5.60 Å². The third kappa shape index (κ3) is 4.14. The van der Waals surface area contributed by atoms with Gasteiger partial charge in [-0.2, -0.15) is 13.2 Å². The van der Waals surface area contributed by atoms with Gasteiger partial charge in [-0.15, -0.1) is 12.1 Å². The van der Waals surface area contributed by atoms with Crippen LogP contribution in [-0.2, 0) is 0 Å². The highest BCUT2D eigenvalue weighted by Crippen LogP contribution is 2.41. The molecule has 0 saturated heterocycles. The van der Waals surface area contributed by atoms with Crippen LogP contribution in [0.3, 0.4) is 0 Å². The lowest BCUT2D eigenvalue weighted by molar-refractivity contribution is -0.234. The van der Waals surface area contributed by atoms with Crippen LogP contribution in [0, 0.1) is 11.5 Å². The van der Waals surface area contributed by atoms with Crippen molar-refractivity contribution in [1.29, 1.82) is 0 Å². The first-order chi connectivity index (χ1) is 9.35.